The number of nitrogens with zero attached hydrogens (tertiary/aromatic N) is 4. The summed E-state index contributed by atoms with van der Waals surface area (Å²) in [5.41, 5.74) is 11.1. The SMILES string of the molecule is Cc1cnc2c(c1)c1cccc3c1n2-c1[c-]c(Oc2[c-]c(C4=N[C@H](C5CCCCC5)[C@@H](c5ccccc5)O4)cc(-c4ccccn4)c2)c(C)cc1C3(C)C.[Pt+2]. The van der Waals surface area contributed by atoms with E-state index in [1.54, 1.807) is 0 Å². The van der Waals surface area contributed by atoms with E-state index in [0.29, 0.717) is 23.3 Å². The fraction of sp³-hybridized carbons (Fsp3) is 0.271. The van der Waals surface area contributed by atoms with Crippen LogP contribution >= 0.6 is 0 Å². The maximum atomic E-state index is 6.87. The van der Waals surface area contributed by atoms with Crippen molar-refractivity contribution in [3.8, 4) is 28.4 Å². The number of hydrogen-bond acceptors (Lipinski definition) is 5. The minimum atomic E-state index is -0.256. The van der Waals surface area contributed by atoms with Crippen molar-refractivity contribution in [1.82, 2.24) is 14.5 Å². The molecule has 0 unspecified atom stereocenters. The summed E-state index contributed by atoms with van der Waals surface area (Å²) in [5.74, 6) is 2.29. The van der Waals surface area contributed by atoms with Gasteiger partial charge in [0.25, 0.3) is 0 Å². The van der Waals surface area contributed by atoms with E-state index >= 15 is 0 Å². The first-order valence-electron chi connectivity index (χ1n) is 19.3. The van der Waals surface area contributed by atoms with Crippen LogP contribution in [0.5, 0.6) is 11.5 Å². The number of rotatable bonds is 6. The molecule has 5 heterocycles. The van der Waals surface area contributed by atoms with E-state index in [1.807, 2.05) is 36.7 Å². The zero-order chi connectivity index (χ0) is 36.6. The van der Waals surface area contributed by atoms with Crippen molar-refractivity contribution in [2.24, 2.45) is 10.9 Å². The number of benzene rings is 4. The van der Waals surface area contributed by atoms with Crippen LogP contribution in [0.3, 0.4) is 0 Å². The normalized spacial score (nSPS) is 18.7. The van der Waals surface area contributed by atoms with Gasteiger partial charge in [0.15, 0.2) is 0 Å². The van der Waals surface area contributed by atoms with Crippen molar-refractivity contribution in [3.63, 3.8) is 0 Å². The van der Waals surface area contributed by atoms with Crippen LogP contribution in [0.15, 0.2) is 108 Å². The average Bonchev–Trinajstić information content (AvgIpc) is 3.79. The Morgan fingerprint density at radius 2 is 1.64 bits per heavy atom. The number of aromatic nitrogens is 3. The van der Waals surface area contributed by atoms with Gasteiger partial charge in [0.05, 0.1) is 17.3 Å². The summed E-state index contributed by atoms with van der Waals surface area (Å²) < 4.78 is 16.0. The minimum absolute atomic E-state index is 0. The molecule has 2 atom stereocenters. The summed E-state index contributed by atoms with van der Waals surface area (Å²) in [7, 11) is 0. The van der Waals surface area contributed by atoms with E-state index in [9.17, 15) is 0 Å². The van der Waals surface area contributed by atoms with Gasteiger partial charge in [-0.1, -0.05) is 124 Å². The molecule has 0 radical (unpaired) electrons. The second-order valence-corrected chi connectivity index (χ2v) is 15.8. The summed E-state index contributed by atoms with van der Waals surface area (Å²) >= 11 is 0. The van der Waals surface area contributed by atoms with Gasteiger partial charge in [0.1, 0.15) is 17.6 Å². The minimum Gasteiger partial charge on any atom is -0.510 e. The molecule has 0 spiro atoms. The molecular formula is C48H42N4O2Pt. The second kappa shape index (κ2) is 13.9. The topological polar surface area (TPSA) is 61.5 Å². The van der Waals surface area contributed by atoms with Crippen LogP contribution in [0.4, 0.5) is 0 Å². The Kier molecular flexibility index (Phi) is 9.01. The smallest absolute Gasteiger partial charge is 0.510 e. The van der Waals surface area contributed by atoms with Crippen LogP contribution in [0, 0.1) is 31.9 Å². The predicted molar refractivity (Wildman–Crippen MR) is 215 cm³/mol. The molecule has 0 saturated heterocycles. The third kappa shape index (κ3) is 6.01. The fourth-order valence-corrected chi connectivity index (χ4v) is 9.09. The molecule has 276 valence electrons. The zero-order valence-electron chi connectivity index (χ0n) is 31.5. The molecule has 2 aliphatic heterocycles. The second-order valence-electron chi connectivity index (χ2n) is 15.8. The van der Waals surface area contributed by atoms with E-state index in [1.165, 1.54) is 54.1 Å². The van der Waals surface area contributed by atoms with Gasteiger partial charge < -0.3 is 14.0 Å². The first-order chi connectivity index (χ1) is 26.3. The maximum Gasteiger partial charge on any atom is 2.00 e. The molecule has 6 nitrogen and oxygen atoms in total. The Balaban J connectivity index is 0.00000397. The predicted octanol–water partition coefficient (Wildman–Crippen LogP) is 11.4. The molecule has 1 fully saturated rings. The van der Waals surface area contributed by atoms with Crippen LogP contribution in [0.2, 0.25) is 0 Å². The Morgan fingerprint density at radius 3 is 2.44 bits per heavy atom. The first kappa shape index (κ1) is 35.6. The molecule has 1 saturated carbocycles. The van der Waals surface area contributed by atoms with Gasteiger partial charge >= 0.3 is 21.1 Å². The molecule has 55 heavy (non-hydrogen) atoms. The third-order valence-corrected chi connectivity index (χ3v) is 11.9. The van der Waals surface area contributed by atoms with Gasteiger partial charge in [-0.15, -0.1) is 23.3 Å². The third-order valence-electron chi connectivity index (χ3n) is 11.9. The van der Waals surface area contributed by atoms with E-state index in [2.05, 4.69) is 111 Å². The Morgan fingerprint density at radius 1 is 0.818 bits per heavy atom. The van der Waals surface area contributed by atoms with Crippen LogP contribution in [0.25, 0.3) is 38.9 Å². The molecule has 3 aliphatic rings. The summed E-state index contributed by atoms with van der Waals surface area (Å²) in [5, 5.41) is 2.35. The number of aliphatic imine (C=N–C) groups is 1. The van der Waals surface area contributed by atoms with Crippen molar-refractivity contribution < 1.29 is 30.5 Å². The number of aryl methyl sites for hydroxylation is 2. The van der Waals surface area contributed by atoms with Crippen LogP contribution in [0.1, 0.15) is 85.4 Å². The molecule has 10 rings (SSSR count). The Bertz CT molecular complexity index is 2610. The number of ether oxygens (including phenoxy) is 2. The quantitative estimate of drug-likeness (QED) is 0.156. The van der Waals surface area contributed by atoms with Gasteiger partial charge in [0, 0.05) is 34.7 Å². The molecule has 3 aromatic heterocycles. The van der Waals surface area contributed by atoms with Gasteiger partial charge in [0.2, 0.25) is 0 Å². The van der Waals surface area contributed by atoms with E-state index in [4.69, 9.17) is 24.4 Å². The van der Waals surface area contributed by atoms with Crippen molar-refractivity contribution >= 4 is 27.8 Å². The van der Waals surface area contributed by atoms with Gasteiger partial charge in [-0.2, -0.15) is 6.07 Å². The monoisotopic (exact) mass is 901 g/mol. The van der Waals surface area contributed by atoms with E-state index < -0.39 is 0 Å². The molecule has 1 aliphatic carbocycles. The van der Waals surface area contributed by atoms with Gasteiger partial charge in [-0.05, 0) is 66.0 Å². The van der Waals surface area contributed by atoms with Crippen molar-refractivity contribution in [2.45, 2.75) is 77.4 Å². The average molecular weight is 902 g/mol. The van der Waals surface area contributed by atoms with Crippen LogP contribution < -0.4 is 4.74 Å². The largest absolute Gasteiger partial charge is 2.00 e. The summed E-state index contributed by atoms with van der Waals surface area (Å²) in [4.78, 5) is 15.0. The van der Waals surface area contributed by atoms with Crippen molar-refractivity contribution in [1.29, 1.82) is 0 Å². The Labute approximate surface area is 336 Å². The number of hydrogen-bond donors (Lipinski definition) is 0. The van der Waals surface area contributed by atoms with Gasteiger partial charge in [-0.3, -0.25) is 9.98 Å². The fourth-order valence-electron chi connectivity index (χ4n) is 9.09. The molecule has 7 heteroatoms. The molecule has 4 aromatic carbocycles. The standard InChI is InChI=1S/C48H42N4O2.Pt/c1-29-22-37-36-18-13-19-38-44(36)52(46(37)50-28-29)41-27-42(30(2)23-39(41)48(38,3)4)53-35-25-33(40-20-11-12-21-49-40)24-34(26-35)47-51-43(31-14-7-5-8-15-31)45(54-47)32-16-9-6-10-17-32;/h6,9-13,16-25,28,31,43,45H,5,7-8,14-15H2,1-4H3;/q-2;+2/t43-,45-;/m1./s1. The molecule has 0 amide bonds. The molecule has 0 N–H and O–H groups in total. The summed E-state index contributed by atoms with van der Waals surface area (Å²) in [6, 6.07) is 39.1. The van der Waals surface area contributed by atoms with E-state index in [0.717, 1.165) is 50.2 Å². The number of pyridine rings is 2. The first-order valence-corrected chi connectivity index (χ1v) is 19.3. The molecule has 7 aromatic rings. The Hall–Kier alpha value is -5.06. The van der Waals surface area contributed by atoms with Crippen molar-refractivity contribution in [3.05, 3.63) is 149 Å². The van der Waals surface area contributed by atoms with Crippen LogP contribution in [-0.4, -0.2) is 26.5 Å². The molecular weight excluding hydrogens is 860 g/mol. The van der Waals surface area contributed by atoms with Crippen LogP contribution in [-0.2, 0) is 31.2 Å². The van der Waals surface area contributed by atoms with Crippen molar-refractivity contribution in [2.75, 3.05) is 0 Å². The number of fused-ring (bicyclic) bond motifs is 5. The van der Waals surface area contributed by atoms with Gasteiger partial charge in [-0.25, -0.2) is 4.98 Å². The number of para-hydroxylation sites is 1. The summed E-state index contributed by atoms with van der Waals surface area (Å²) in [6.07, 6.45) is 9.75. The summed E-state index contributed by atoms with van der Waals surface area (Å²) in [6.45, 7) is 8.80. The van der Waals surface area contributed by atoms with E-state index in [-0.39, 0.29) is 38.6 Å². The maximum absolute atomic E-state index is 6.87. The molecule has 0 bridgehead atoms. The zero-order valence-corrected chi connectivity index (χ0v) is 33.8.